The average Bonchev–Trinajstić information content (AvgIpc) is 3.32. The van der Waals surface area contributed by atoms with E-state index in [0.717, 1.165) is 33.3 Å². The summed E-state index contributed by atoms with van der Waals surface area (Å²) < 4.78 is 19.1. The van der Waals surface area contributed by atoms with Crippen molar-refractivity contribution in [3.8, 4) is 5.75 Å². The lowest BCUT2D eigenvalue weighted by Crippen LogP contribution is -2.29. The largest absolute Gasteiger partial charge is 0.507 e. The molecule has 2 N–H and O–H groups in total. The molecule has 0 aliphatic carbocycles. The van der Waals surface area contributed by atoms with Gasteiger partial charge in [0.25, 0.3) is 11.7 Å². The molecule has 188 valence electrons. The van der Waals surface area contributed by atoms with E-state index in [9.17, 15) is 19.1 Å². The molecule has 0 spiro atoms. The van der Waals surface area contributed by atoms with Crippen molar-refractivity contribution in [2.24, 2.45) is 0 Å². The number of benzene rings is 3. The van der Waals surface area contributed by atoms with Gasteiger partial charge in [-0.1, -0.05) is 36.4 Å². The van der Waals surface area contributed by atoms with Crippen LogP contribution in [0.3, 0.4) is 0 Å². The number of fused-ring (bicyclic) bond motifs is 1. The number of carbonyl (C=O) groups excluding carboxylic acids is 2. The Labute approximate surface area is 214 Å². The minimum absolute atomic E-state index is 0.0109. The zero-order valence-corrected chi connectivity index (χ0v) is 21.1. The summed E-state index contributed by atoms with van der Waals surface area (Å²) in [5.74, 6) is -1.77. The molecule has 4 aromatic rings. The fraction of sp³-hybridized carbons (Fsp3) is 0.200. The summed E-state index contributed by atoms with van der Waals surface area (Å²) in [6.07, 6.45) is 0. The summed E-state index contributed by atoms with van der Waals surface area (Å²) in [6, 6.07) is 16.2. The summed E-state index contributed by atoms with van der Waals surface area (Å²) in [7, 11) is 1.50. The Hall–Kier alpha value is -4.39. The molecule has 1 aliphatic rings. The first-order chi connectivity index (χ1) is 17.7. The normalized spacial score (nSPS) is 17.1. The minimum atomic E-state index is -0.869. The molecule has 0 radical (unpaired) electrons. The number of Topliss-reactive ketones (excluding diaryl/α,β-unsaturated/α-hetero) is 1. The highest BCUT2D eigenvalue weighted by molar-refractivity contribution is 6.46. The molecular formula is C30H27FN2O4. The molecular weight excluding hydrogens is 471 g/mol. The number of hydrogen-bond donors (Lipinski definition) is 2. The number of aryl methyl sites for hydroxylation is 3. The summed E-state index contributed by atoms with van der Waals surface area (Å²) in [6.45, 7) is 5.69. The number of amides is 1. The smallest absolute Gasteiger partial charge is 0.295 e. The van der Waals surface area contributed by atoms with Crippen molar-refractivity contribution in [1.82, 2.24) is 9.88 Å². The van der Waals surface area contributed by atoms with Crippen molar-refractivity contribution in [2.75, 3.05) is 7.11 Å². The fourth-order valence-corrected chi connectivity index (χ4v) is 5.33. The molecule has 1 aliphatic heterocycles. The van der Waals surface area contributed by atoms with Crippen molar-refractivity contribution in [3.05, 3.63) is 106 Å². The number of methoxy groups -OCH3 is 1. The molecule has 3 aromatic carbocycles. The molecule has 1 fully saturated rings. The van der Waals surface area contributed by atoms with E-state index < -0.39 is 23.5 Å². The van der Waals surface area contributed by atoms with Crippen LogP contribution in [-0.4, -0.2) is 33.8 Å². The Morgan fingerprint density at radius 2 is 1.76 bits per heavy atom. The highest BCUT2D eigenvalue weighted by Gasteiger charge is 2.47. The predicted molar refractivity (Wildman–Crippen MR) is 140 cm³/mol. The topological polar surface area (TPSA) is 82.6 Å². The second-order valence-corrected chi connectivity index (χ2v) is 9.43. The van der Waals surface area contributed by atoms with Crippen LogP contribution in [0.1, 0.15) is 39.6 Å². The van der Waals surface area contributed by atoms with Gasteiger partial charge in [-0.15, -0.1) is 0 Å². The average molecular weight is 499 g/mol. The standard InChI is InChI=1S/C30H27FN2O4/c1-16-13-17(2)29(37-4)22(14-16)27(34)25-26(24-18(3)32-23-8-6-5-7-21(23)24)33(30(36)28(25)35)15-19-9-11-20(31)12-10-19/h5-14,26,32,34H,15H2,1-4H3/b27-25+. The second-order valence-electron chi connectivity index (χ2n) is 9.43. The van der Waals surface area contributed by atoms with Gasteiger partial charge in [0, 0.05) is 28.7 Å². The van der Waals surface area contributed by atoms with E-state index in [4.69, 9.17) is 4.74 Å². The number of rotatable bonds is 5. The number of aliphatic hydroxyl groups is 1. The number of ketones is 1. The third kappa shape index (κ3) is 4.06. The quantitative estimate of drug-likeness (QED) is 0.205. The molecule has 1 aromatic heterocycles. The van der Waals surface area contributed by atoms with Crippen LogP contribution in [0.4, 0.5) is 4.39 Å². The molecule has 0 saturated carbocycles. The van der Waals surface area contributed by atoms with Gasteiger partial charge in [-0.2, -0.15) is 0 Å². The Kier molecular flexibility index (Phi) is 6.07. The highest BCUT2D eigenvalue weighted by atomic mass is 19.1. The van der Waals surface area contributed by atoms with Gasteiger partial charge >= 0.3 is 0 Å². The molecule has 37 heavy (non-hydrogen) atoms. The zero-order valence-electron chi connectivity index (χ0n) is 21.1. The first-order valence-electron chi connectivity index (χ1n) is 12.0. The Bertz CT molecular complexity index is 1580. The lowest BCUT2D eigenvalue weighted by atomic mass is 9.92. The van der Waals surface area contributed by atoms with E-state index >= 15 is 0 Å². The van der Waals surface area contributed by atoms with Gasteiger partial charge < -0.3 is 19.7 Å². The minimum Gasteiger partial charge on any atom is -0.507 e. The Balaban J connectivity index is 1.78. The SMILES string of the molecule is COc1c(C)cc(C)cc1/C(O)=C1\C(=O)C(=O)N(Cc2ccc(F)cc2)C1c1c(C)[nH]c2ccccc12. The molecule has 5 rings (SSSR count). The molecule has 7 heteroatoms. The van der Waals surface area contributed by atoms with Crippen LogP contribution in [-0.2, 0) is 16.1 Å². The van der Waals surface area contributed by atoms with Crippen molar-refractivity contribution in [3.63, 3.8) is 0 Å². The lowest BCUT2D eigenvalue weighted by Gasteiger charge is -2.26. The number of H-pyrrole nitrogens is 1. The lowest BCUT2D eigenvalue weighted by molar-refractivity contribution is -0.140. The first-order valence-corrected chi connectivity index (χ1v) is 12.0. The summed E-state index contributed by atoms with van der Waals surface area (Å²) in [5, 5.41) is 12.5. The van der Waals surface area contributed by atoms with Crippen LogP contribution >= 0.6 is 0 Å². The van der Waals surface area contributed by atoms with Gasteiger partial charge in [0.2, 0.25) is 0 Å². The number of aromatic nitrogens is 1. The summed E-state index contributed by atoms with van der Waals surface area (Å²) in [4.78, 5) is 31.8. The van der Waals surface area contributed by atoms with Gasteiger partial charge in [0.05, 0.1) is 24.3 Å². The van der Waals surface area contributed by atoms with Crippen molar-refractivity contribution in [2.45, 2.75) is 33.4 Å². The first kappa shape index (κ1) is 24.3. The van der Waals surface area contributed by atoms with Gasteiger partial charge in [0.15, 0.2) is 0 Å². The van der Waals surface area contributed by atoms with Crippen molar-refractivity contribution >= 4 is 28.4 Å². The number of halogens is 1. The van der Waals surface area contributed by atoms with Gasteiger partial charge in [-0.05, 0) is 61.7 Å². The number of para-hydroxylation sites is 1. The Morgan fingerprint density at radius 1 is 1.05 bits per heavy atom. The van der Waals surface area contributed by atoms with Gasteiger partial charge in [0.1, 0.15) is 17.3 Å². The maximum absolute atomic E-state index is 13.6. The number of aromatic amines is 1. The molecule has 2 heterocycles. The third-order valence-electron chi connectivity index (χ3n) is 6.90. The van der Waals surface area contributed by atoms with Crippen LogP contribution in [0.2, 0.25) is 0 Å². The summed E-state index contributed by atoms with van der Waals surface area (Å²) >= 11 is 0. The van der Waals surface area contributed by atoms with E-state index in [2.05, 4.69) is 4.98 Å². The van der Waals surface area contributed by atoms with E-state index in [1.54, 1.807) is 18.2 Å². The third-order valence-corrected chi connectivity index (χ3v) is 6.90. The molecule has 1 unspecified atom stereocenters. The number of ether oxygens (including phenoxy) is 1. The van der Waals surface area contributed by atoms with Crippen molar-refractivity contribution in [1.29, 1.82) is 0 Å². The molecule has 0 bridgehead atoms. The second kappa shape index (κ2) is 9.24. The van der Waals surface area contributed by atoms with Crippen LogP contribution in [0.5, 0.6) is 5.75 Å². The van der Waals surface area contributed by atoms with E-state index in [0.29, 0.717) is 16.9 Å². The predicted octanol–water partition coefficient (Wildman–Crippen LogP) is 5.86. The number of hydrogen-bond acceptors (Lipinski definition) is 4. The number of likely N-dealkylation sites (tertiary alicyclic amines) is 1. The van der Waals surface area contributed by atoms with Crippen molar-refractivity contribution < 1.29 is 23.8 Å². The summed E-state index contributed by atoms with van der Waals surface area (Å²) in [5.41, 5.74) is 5.02. The number of aliphatic hydroxyl groups excluding tert-OH is 1. The number of nitrogens with zero attached hydrogens (tertiary/aromatic N) is 1. The molecule has 1 saturated heterocycles. The van der Waals surface area contributed by atoms with E-state index in [-0.39, 0.29) is 17.9 Å². The zero-order chi connectivity index (χ0) is 26.4. The molecule has 6 nitrogen and oxygen atoms in total. The van der Waals surface area contributed by atoms with E-state index in [1.165, 1.54) is 24.1 Å². The van der Waals surface area contributed by atoms with Crippen LogP contribution in [0.25, 0.3) is 16.7 Å². The maximum Gasteiger partial charge on any atom is 0.295 e. The Morgan fingerprint density at radius 3 is 2.46 bits per heavy atom. The van der Waals surface area contributed by atoms with Gasteiger partial charge in [-0.25, -0.2) is 4.39 Å². The van der Waals surface area contributed by atoms with Crippen LogP contribution in [0.15, 0.2) is 66.2 Å². The number of carbonyl (C=O) groups is 2. The number of nitrogens with one attached hydrogen (secondary N) is 1. The van der Waals surface area contributed by atoms with Gasteiger partial charge in [-0.3, -0.25) is 9.59 Å². The van der Waals surface area contributed by atoms with Crippen LogP contribution < -0.4 is 4.74 Å². The van der Waals surface area contributed by atoms with E-state index in [1.807, 2.05) is 51.1 Å². The fourth-order valence-electron chi connectivity index (χ4n) is 5.33. The highest BCUT2D eigenvalue weighted by Crippen LogP contribution is 2.45. The molecule has 1 amide bonds. The monoisotopic (exact) mass is 498 g/mol. The maximum atomic E-state index is 13.6. The van der Waals surface area contributed by atoms with Crippen LogP contribution in [0, 0.1) is 26.6 Å². The molecule has 1 atom stereocenters.